The van der Waals surface area contributed by atoms with Crippen LogP contribution >= 0.6 is 0 Å². The lowest BCUT2D eigenvalue weighted by atomic mass is 9.77. The Balaban J connectivity index is 1.80. The Morgan fingerprint density at radius 3 is 2.28 bits per heavy atom. The van der Waals surface area contributed by atoms with Crippen molar-refractivity contribution < 1.29 is 62.9 Å². The van der Waals surface area contributed by atoms with Gasteiger partial charge in [0.05, 0.1) is 47.6 Å². The molecule has 53 heavy (non-hydrogen) atoms. The summed E-state index contributed by atoms with van der Waals surface area (Å²) in [5.74, 6) is -2.39. The molecule has 4 heterocycles. The van der Waals surface area contributed by atoms with Crippen molar-refractivity contribution in [2.75, 3.05) is 27.7 Å². The van der Waals surface area contributed by atoms with Crippen LogP contribution < -0.4 is 5.32 Å². The first-order chi connectivity index (χ1) is 24.6. The first-order valence-corrected chi connectivity index (χ1v) is 19.5. The lowest BCUT2D eigenvalue weighted by molar-refractivity contribution is -0.318. The van der Waals surface area contributed by atoms with E-state index in [9.17, 15) is 25.1 Å². The number of aliphatic hydroxyl groups excluding tert-OH is 2. The fraction of sp³-hybridized carbons (Fsp3) is 0.973. The van der Waals surface area contributed by atoms with E-state index in [-0.39, 0.29) is 36.9 Å². The van der Waals surface area contributed by atoms with Crippen molar-refractivity contribution in [3.63, 3.8) is 0 Å². The summed E-state index contributed by atoms with van der Waals surface area (Å²) in [6.45, 7) is 18.7. The molecule has 0 amide bonds. The molecule has 0 aromatic heterocycles. The number of nitrogens with one attached hydrogen (secondary N) is 1. The van der Waals surface area contributed by atoms with Crippen LogP contribution in [0.15, 0.2) is 0 Å². The summed E-state index contributed by atoms with van der Waals surface area (Å²) in [7, 11) is 3.80. The number of aliphatic hydroxyl groups is 3. The van der Waals surface area contributed by atoms with Gasteiger partial charge in [0.2, 0.25) is 0 Å². The number of likely N-dealkylation sites (N-methyl/N-ethyl adjacent to an activating group) is 1. The van der Waals surface area contributed by atoms with E-state index in [4.69, 9.17) is 37.7 Å². The fourth-order valence-electron chi connectivity index (χ4n) is 9.10. The number of nitrogens with zero attached hydrogens (tertiary/aromatic N) is 1. The Morgan fingerprint density at radius 1 is 1.02 bits per heavy atom. The van der Waals surface area contributed by atoms with E-state index in [1.807, 2.05) is 53.6 Å². The smallest absolute Gasteiger partial charge is 0.459 e. The van der Waals surface area contributed by atoms with E-state index in [2.05, 4.69) is 5.32 Å². The summed E-state index contributed by atoms with van der Waals surface area (Å²) in [5.41, 5.74) is -3.75. The molecule has 0 bridgehead atoms. The van der Waals surface area contributed by atoms with Crippen molar-refractivity contribution in [3.8, 4) is 0 Å². The van der Waals surface area contributed by atoms with Crippen molar-refractivity contribution in [2.45, 2.75) is 185 Å². The third-order valence-corrected chi connectivity index (χ3v) is 12.3. The summed E-state index contributed by atoms with van der Waals surface area (Å²) >= 11 is 0. The molecule has 18 atom stereocenters. The summed E-state index contributed by atoms with van der Waals surface area (Å²) < 4.78 is 49.7. The molecule has 16 heteroatoms. The van der Waals surface area contributed by atoms with Gasteiger partial charge in [0.1, 0.15) is 23.9 Å². The van der Waals surface area contributed by atoms with Gasteiger partial charge in [0.25, 0.3) is 0 Å². The van der Waals surface area contributed by atoms with Crippen molar-refractivity contribution in [1.82, 2.24) is 10.2 Å². The highest BCUT2D eigenvalue weighted by Crippen LogP contribution is 2.41. The van der Waals surface area contributed by atoms with Gasteiger partial charge in [-0.1, -0.05) is 20.8 Å². The van der Waals surface area contributed by atoms with E-state index >= 15 is 0 Å². The molecule has 0 aromatic rings. The van der Waals surface area contributed by atoms with Gasteiger partial charge < -0.3 is 68.3 Å². The number of esters is 1. The highest BCUT2D eigenvalue weighted by atomic mass is 16.7. The molecule has 4 aliphatic heterocycles. The Bertz CT molecular complexity index is 1200. The second-order valence-electron chi connectivity index (χ2n) is 17.2. The standard InChI is InChI=1S/C37H69BN2O13/c1-14-26-37(10)32(52-38(45)53-37)23(6)39-18-19(2)16-35(8,44)31(51-34-28(41)25(40(11)12)15-20(3)47-34)21(4)29(22(5)33(43)49-26)50-27-17-36(9,46-13)30(42)24(7)48-27/h19-32,34,39,41-42,44-45H,14-18H2,1-13H3/t19-,20?,21+,22-,23-,24?,25?,26-,27?,28?,29+,30?,31-,32-,34?,35-,36?,37-/m1/s1. The Kier molecular flexibility index (Phi) is 14.9. The van der Waals surface area contributed by atoms with Crippen LogP contribution in [0, 0.1) is 17.8 Å². The predicted molar refractivity (Wildman–Crippen MR) is 195 cm³/mol. The van der Waals surface area contributed by atoms with Crippen molar-refractivity contribution in [2.24, 2.45) is 17.8 Å². The summed E-state index contributed by atoms with van der Waals surface area (Å²) in [6.07, 6.45) is -7.04. The van der Waals surface area contributed by atoms with Crippen molar-refractivity contribution in [1.29, 1.82) is 0 Å². The number of carbonyl (C=O) groups is 1. The zero-order valence-corrected chi connectivity index (χ0v) is 34.2. The van der Waals surface area contributed by atoms with Crippen LogP contribution in [0.4, 0.5) is 0 Å². The molecule has 8 unspecified atom stereocenters. The molecule has 4 fully saturated rings. The van der Waals surface area contributed by atoms with Gasteiger partial charge in [-0.3, -0.25) is 4.79 Å². The normalized spacial score (nSPS) is 49.6. The first kappa shape index (κ1) is 44.7. The van der Waals surface area contributed by atoms with E-state index in [1.54, 1.807) is 34.6 Å². The largest absolute Gasteiger partial charge is 0.637 e. The minimum absolute atomic E-state index is 0.108. The Labute approximate surface area is 316 Å². The molecule has 0 spiro atoms. The van der Waals surface area contributed by atoms with Gasteiger partial charge in [-0.2, -0.15) is 0 Å². The zero-order chi connectivity index (χ0) is 39.8. The summed E-state index contributed by atoms with van der Waals surface area (Å²) in [4.78, 5) is 16.3. The number of fused-ring (bicyclic) bond motifs is 1. The van der Waals surface area contributed by atoms with Crippen LogP contribution in [-0.2, 0) is 42.5 Å². The topological polar surface area (TPSA) is 187 Å². The number of rotatable bonds is 7. The van der Waals surface area contributed by atoms with Gasteiger partial charge in [0.15, 0.2) is 12.6 Å². The third-order valence-electron chi connectivity index (χ3n) is 12.3. The highest BCUT2D eigenvalue weighted by molar-refractivity contribution is 6.35. The molecule has 4 rings (SSSR count). The zero-order valence-electron chi connectivity index (χ0n) is 34.2. The van der Waals surface area contributed by atoms with Gasteiger partial charge in [-0.15, -0.1) is 0 Å². The van der Waals surface area contributed by atoms with Gasteiger partial charge in [0, 0.05) is 31.5 Å². The first-order valence-electron chi connectivity index (χ1n) is 19.5. The lowest BCUT2D eigenvalue weighted by Crippen LogP contribution is -2.60. The van der Waals surface area contributed by atoms with Crippen molar-refractivity contribution in [3.05, 3.63) is 0 Å². The van der Waals surface area contributed by atoms with Crippen LogP contribution in [0.25, 0.3) is 0 Å². The average molecular weight is 761 g/mol. The van der Waals surface area contributed by atoms with Crippen LogP contribution in [0.3, 0.4) is 0 Å². The van der Waals surface area contributed by atoms with E-state index in [0.29, 0.717) is 19.4 Å². The van der Waals surface area contributed by atoms with Gasteiger partial charge in [-0.25, -0.2) is 0 Å². The number of carbonyl (C=O) groups excluding carboxylic acids is 1. The molecular formula is C37H69BN2O13. The van der Waals surface area contributed by atoms with Crippen LogP contribution in [0.1, 0.15) is 94.9 Å². The lowest BCUT2D eigenvalue weighted by Gasteiger charge is -2.48. The van der Waals surface area contributed by atoms with Gasteiger partial charge in [-0.05, 0) is 94.3 Å². The molecule has 0 aromatic carbocycles. The minimum Gasteiger partial charge on any atom is -0.459 e. The summed E-state index contributed by atoms with van der Waals surface area (Å²) in [6, 6.07) is -0.602. The molecular weight excluding hydrogens is 691 g/mol. The highest BCUT2D eigenvalue weighted by Gasteiger charge is 2.57. The maximum absolute atomic E-state index is 14.4. The van der Waals surface area contributed by atoms with Crippen LogP contribution in [0.5, 0.6) is 0 Å². The minimum atomic E-state index is -1.53. The molecule has 4 saturated heterocycles. The maximum Gasteiger partial charge on any atom is 0.637 e. The third kappa shape index (κ3) is 9.77. The number of hydrogen-bond donors (Lipinski definition) is 5. The number of hydrogen-bond acceptors (Lipinski definition) is 15. The average Bonchev–Trinajstić information content (AvgIpc) is 3.40. The number of ether oxygens (including phenoxy) is 6. The summed E-state index contributed by atoms with van der Waals surface area (Å²) in [5, 5.41) is 49.0. The van der Waals surface area contributed by atoms with Gasteiger partial charge >= 0.3 is 13.3 Å². The molecule has 308 valence electrons. The molecule has 0 saturated carbocycles. The molecule has 4 aliphatic rings. The quantitative estimate of drug-likeness (QED) is 0.186. The number of cyclic esters (lactones) is 1. The second-order valence-corrected chi connectivity index (χ2v) is 17.2. The predicted octanol–water partition coefficient (Wildman–Crippen LogP) is 1.60. The number of methoxy groups -OCH3 is 1. The van der Waals surface area contributed by atoms with E-state index in [0.717, 1.165) is 0 Å². The molecule has 0 radical (unpaired) electrons. The Morgan fingerprint density at radius 2 is 1.68 bits per heavy atom. The molecule has 0 aliphatic carbocycles. The second kappa shape index (κ2) is 17.7. The van der Waals surface area contributed by atoms with Crippen LogP contribution in [0.2, 0.25) is 0 Å². The monoisotopic (exact) mass is 760 g/mol. The van der Waals surface area contributed by atoms with Crippen LogP contribution in [-0.4, -0.2) is 157 Å². The Hall–Kier alpha value is -0.985. The maximum atomic E-state index is 14.4. The fourth-order valence-corrected chi connectivity index (χ4v) is 9.10. The van der Waals surface area contributed by atoms with E-state index in [1.165, 1.54) is 7.11 Å². The molecule has 15 nitrogen and oxygen atoms in total. The van der Waals surface area contributed by atoms with E-state index < -0.39 is 97.2 Å². The van der Waals surface area contributed by atoms with Crippen molar-refractivity contribution >= 4 is 13.3 Å². The molecule has 5 N–H and O–H groups in total. The SMILES string of the molecule is CC[C@H]1OC(=O)[C@H](C)[C@@H](OC2CC(C)(OC)C(O)C(C)O2)[C@H](C)[C@@H](OC2OC(C)CC(N(C)C)C2O)[C@](C)(O)C[C@@H](C)CN[C@H](C)[C@H]2OB(O)O[C@@]21C.